The summed E-state index contributed by atoms with van der Waals surface area (Å²) in [4.78, 5) is 8.17. The first-order valence-electron chi connectivity index (χ1n) is 8.22. The summed E-state index contributed by atoms with van der Waals surface area (Å²) in [5, 5.41) is 3.40. The van der Waals surface area contributed by atoms with Crippen LogP contribution in [0.3, 0.4) is 0 Å². The Labute approximate surface area is 117 Å². The zero-order valence-corrected chi connectivity index (χ0v) is 12.2. The van der Waals surface area contributed by atoms with Crippen molar-refractivity contribution in [2.24, 2.45) is 0 Å². The van der Waals surface area contributed by atoms with Crippen LogP contribution in [0.15, 0.2) is 0 Å². The Balaban J connectivity index is 1.32. The molecule has 0 amide bonds. The minimum absolute atomic E-state index is 0.843. The van der Waals surface area contributed by atoms with Gasteiger partial charge in [-0.25, -0.2) is 0 Å². The van der Waals surface area contributed by atoms with Gasteiger partial charge in [-0.1, -0.05) is 0 Å². The molecule has 108 valence electrons. The van der Waals surface area contributed by atoms with Gasteiger partial charge >= 0.3 is 0 Å². The maximum atomic E-state index is 3.40. The van der Waals surface area contributed by atoms with E-state index in [2.05, 4.69) is 27.1 Å². The smallest absolute Gasteiger partial charge is 0.0346 e. The average Bonchev–Trinajstić information content (AvgIpc) is 2.61. The maximum absolute atomic E-state index is 3.40. The van der Waals surface area contributed by atoms with Gasteiger partial charge in [0.05, 0.1) is 0 Å². The van der Waals surface area contributed by atoms with Crippen molar-refractivity contribution in [3.05, 3.63) is 0 Å². The van der Waals surface area contributed by atoms with Gasteiger partial charge in [0.25, 0.3) is 0 Å². The molecule has 0 aromatic rings. The average molecular weight is 264 g/mol. The van der Waals surface area contributed by atoms with Crippen LogP contribution < -0.4 is 5.32 Å². The summed E-state index contributed by atoms with van der Waals surface area (Å²) in [6, 6.07) is 3.50. The quantitative estimate of drug-likeness (QED) is 0.769. The highest BCUT2D eigenvalue weighted by Crippen LogP contribution is 2.36. The van der Waals surface area contributed by atoms with E-state index in [-0.39, 0.29) is 0 Å². The Morgan fingerprint density at radius 3 is 1.74 bits per heavy atom. The van der Waals surface area contributed by atoms with Crippen LogP contribution in [0.5, 0.6) is 0 Å². The number of hydrogen-bond donors (Lipinski definition) is 1. The molecule has 4 aliphatic heterocycles. The predicted molar refractivity (Wildman–Crippen MR) is 77.4 cm³/mol. The molecule has 4 saturated heterocycles. The molecule has 4 fully saturated rings. The number of hydrogen-bond acceptors (Lipinski definition) is 4. The first-order chi connectivity index (χ1) is 9.31. The lowest BCUT2D eigenvalue weighted by atomic mass is 9.95. The van der Waals surface area contributed by atoms with Crippen LogP contribution in [0.2, 0.25) is 0 Å². The highest BCUT2D eigenvalue weighted by Gasteiger charge is 2.41. The van der Waals surface area contributed by atoms with Gasteiger partial charge in [0.2, 0.25) is 0 Å². The van der Waals surface area contributed by atoms with Gasteiger partial charge in [-0.3, -0.25) is 9.80 Å². The van der Waals surface area contributed by atoms with Gasteiger partial charge in [-0.15, -0.1) is 0 Å². The summed E-state index contributed by atoms with van der Waals surface area (Å²) < 4.78 is 0. The molecule has 1 N–H and O–H groups in total. The summed E-state index contributed by atoms with van der Waals surface area (Å²) in [5.74, 6) is 0. The number of nitrogens with zero attached hydrogens (tertiary/aromatic N) is 3. The maximum Gasteiger partial charge on any atom is 0.0346 e. The third kappa shape index (κ3) is 2.23. The highest BCUT2D eigenvalue weighted by molar-refractivity contribution is 4.98. The molecule has 0 radical (unpaired) electrons. The molecule has 0 aliphatic carbocycles. The topological polar surface area (TPSA) is 21.8 Å². The van der Waals surface area contributed by atoms with Gasteiger partial charge < -0.3 is 10.2 Å². The lowest BCUT2D eigenvalue weighted by Gasteiger charge is -2.47. The van der Waals surface area contributed by atoms with Crippen molar-refractivity contribution >= 4 is 0 Å². The van der Waals surface area contributed by atoms with E-state index in [0.29, 0.717) is 0 Å². The van der Waals surface area contributed by atoms with Crippen molar-refractivity contribution in [2.45, 2.75) is 49.9 Å². The van der Waals surface area contributed by atoms with Gasteiger partial charge in [-0.2, -0.15) is 0 Å². The van der Waals surface area contributed by atoms with Crippen LogP contribution in [0.4, 0.5) is 0 Å². The zero-order chi connectivity index (χ0) is 12.8. The molecule has 19 heavy (non-hydrogen) atoms. The lowest BCUT2D eigenvalue weighted by molar-refractivity contribution is 0.0191. The van der Waals surface area contributed by atoms with Crippen LogP contribution >= 0.6 is 0 Å². The summed E-state index contributed by atoms with van der Waals surface area (Å²) in [5.41, 5.74) is 0. The summed E-state index contributed by atoms with van der Waals surface area (Å²) in [7, 11) is 2.35. The number of piperazine rings is 1. The number of rotatable bonds is 2. The first-order valence-corrected chi connectivity index (χ1v) is 8.22. The monoisotopic (exact) mass is 264 g/mol. The van der Waals surface area contributed by atoms with Crippen LogP contribution in [-0.4, -0.2) is 85.2 Å². The van der Waals surface area contributed by atoms with Crippen molar-refractivity contribution in [1.29, 1.82) is 0 Å². The molecule has 0 saturated carbocycles. The Morgan fingerprint density at radius 2 is 1.26 bits per heavy atom. The SMILES string of the molecule is CN1C2CCC1CC(N1CCN(C3CNC3)CC1)C2. The Hall–Kier alpha value is -0.160. The van der Waals surface area contributed by atoms with Crippen molar-refractivity contribution in [3.63, 3.8) is 0 Å². The number of piperidine rings is 1. The van der Waals surface area contributed by atoms with E-state index in [1.54, 1.807) is 0 Å². The van der Waals surface area contributed by atoms with E-state index < -0.39 is 0 Å². The van der Waals surface area contributed by atoms with E-state index in [1.165, 1.54) is 65.0 Å². The van der Waals surface area contributed by atoms with Crippen molar-refractivity contribution < 1.29 is 0 Å². The molecule has 0 spiro atoms. The molecule has 4 heterocycles. The largest absolute Gasteiger partial charge is 0.314 e. The van der Waals surface area contributed by atoms with Crippen molar-refractivity contribution in [2.75, 3.05) is 46.3 Å². The van der Waals surface area contributed by atoms with E-state index >= 15 is 0 Å². The molecule has 2 atom stereocenters. The fourth-order valence-electron chi connectivity index (χ4n) is 4.68. The molecule has 4 nitrogen and oxygen atoms in total. The fourth-order valence-corrected chi connectivity index (χ4v) is 4.68. The predicted octanol–water partition coefficient (Wildman–Crippen LogP) is 0.201. The Bertz CT molecular complexity index is 308. The van der Waals surface area contributed by atoms with Crippen LogP contribution in [0, 0.1) is 0 Å². The van der Waals surface area contributed by atoms with E-state index in [0.717, 1.165) is 24.2 Å². The first kappa shape index (κ1) is 12.6. The summed E-state index contributed by atoms with van der Waals surface area (Å²) in [6.07, 6.45) is 5.76. The standard InChI is InChI=1S/C15H28N4/c1-17-12-2-3-13(17)9-14(8-12)18-4-6-19(7-5-18)15-10-16-11-15/h12-16H,2-11H2,1H3. The number of fused-ring (bicyclic) bond motifs is 2. The van der Waals surface area contributed by atoms with Gasteiger partial charge in [-0.05, 0) is 32.7 Å². The minimum Gasteiger partial charge on any atom is -0.314 e. The van der Waals surface area contributed by atoms with Gasteiger partial charge in [0.1, 0.15) is 0 Å². The summed E-state index contributed by atoms with van der Waals surface area (Å²) >= 11 is 0. The summed E-state index contributed by atoms with van der Waals surface area (Å²) in [6.45, 7) is 7.66. The van der Waals surface area contributed by atoms with Crippen molar-refractivity contribution in [1.82, 2.24) is 20.0 Å². The van der Waals surface area contributed by atoms with Crippen LogP contribution in [-0.2, 0) is 0 Å². The normalized spacial score (nSPS) is 42.5. The lowest BCUT2D eigenvalue weighted by Crippen LogP contribution is -2.63. The number of nitrogens with one attached hydrogen (secondary N) is 1. The van der Waals surface area contributed by atoms with E-state index in [4.69, 9.17) is 0 Å². The fraction of sp³-hybridized carbons (Fsp3) is 1.00. The molecule has 4 aliphatic rings. The zero-order valence-electron chi connectivity index (χ0n) is 12.2. The Morgan fingerprint density at radius 1 is 0.737 bits per heavy atom. The Kier molecular flexibility index (Phi) is 3.30. The van der Waals surface area contributed by atoms with Gasteiger partial charge in [0.15, 0.2) is 0 Å². The van der Waals surface area contributed by atoms with Gasteiger partial charge in [0, 0.05) is 63.4 Å². The second-order valence-corrected chi connectivity index (χ2v) is 7.06. The molecule has 2 unspecified atom stereocenters. The molecule has 4 rings (SSSR count). The minimum atomic E-state index is 0.843. The molecule has 0 aromatic heterocycles. The molecular formula is C15H28N4. The molecule has 4 heteroatoms. The van der Waals surface area contributed by atoms with Crippen LogP contribution in [0.1, 0.15) is 25.7 Å². The third-order valence-electron chi connectivity index (χ3n) is 6.21. The van der Waals surface area contributed by atoms with E-state index in [9.17, 15) is 0 Å². The second-order valence-electron chi connectivity index (χ2n) is 7.06. The van der Waals surface area contributed by atoms with Crippen LogP contribution in [0.25, 0.3) is 0 Å². The third-order valence-corrected chi connectivity index (χ3v) is 6.21. The molecular weight excluding hydrogens is 236 g/mol. The van der Waals surface area contributed by atoms with E-state index in [1.807, 2.05) is 0 Å². The highest BCUT2D eigenvalue weighted by atomic mass is 15.3. The molecule has 2 bridgehead atoms. The second kappa shape index (κ2) is 4.99. The van der Waals surface area contributed by atoms with Crippen molar-refractivity contribution in [3.8, 4) is 0 Å². The molecule has 0 aromatic carbocycles.